The van der Waals surface area contributed by atoms with Crippen molar-refractivity contribution in [1.82, 2.24) is 5.48 Å². The van der Waals surface area contributed by atoms with Gasteiger partial charge in [0.05, 0.1) is 13.7 Å². The van der Waals surface area contributed by atoms with Crippen LogP contribution in [0.1, 0.15) is 32.1 Å². The van der Waals surface area contributed by atoms with E-state index in [-0.39, 0.29) is 12.5 Å². The molecule has 1 rings (SSSR count). The van der Waals surface area contributed by atoms with E-state index in [1.54, 1.807) is 6.08 Å². The summed E-state index contributed by atoms with van der Waals surface area (Å²) in [4.78, 5) is 16.3. The Kier molecular flexibility index (Phi) is 5.82. The van der Waals surface area contributed by atoms with E-state index in [4.69, 9.17) is 5.11 Å². The van der Waals surface area contributed by atoms with E-state index >= 15 is 0 Å². The van der Waals surface area contributed by atoms with Gasteiger partial charge in [-0.2, -0.15) is 0 Å². The number of aliphatic hydroxyl groups is 1. The first-order valence-corrected chi connectivity index (χ1v) is 5.59. The van der Waals surface area contributed by atoms with Crippen LogP contribution >= 0.6 is 0 Å². The molecule has 1 amide bonds. The molecule has 2 N–H and O–H groups in total. The maximum Gasteiger partial charge on any atom is 0.270 e. The smallest absolute Gasteiger partial charge is 0.270 e. The van der Waals surface area contributed by atoms with Gasteiger partial charge in [-0.05, 0) is 32.1 Å². The highest BCUT2D eigenvalue weighted by atomic mass is 16.6. The van der Waals surface area contributed by atoms with Gasteiger partial charge in [0.25, 0.3) is 5.91 Å². The second-order valence-electron chi connectivity index (χ2n) is 3.78. The summed E-state index contributed by atoms with van der Waals surface area (Å²) in [5, 5.41) is 8.65. The molecule has 0 aromatic rings. The van der Waals surface area contributed by atoms with Gasteiger partial charge in [0.2, 0.25) is 0 Å². The molecule has 4 nitrogen and oxygen atoms in total. The van der Waals surface area contributed by atoms with E-state index in [2.05, 4.69) is 10.3 Å². The van der Waals surface area contributed by atoms with Crippen LogP contribution in [0.2, 0.25) is 0 Å². The zero-order valence-corrected chi connectivity index (χ0v) is 9.66. The van der Waals surface area contributed by atoms with Gasteiger partial charge in [-0.1, -0.05) is 17.7 Å². The minimum Gasteiger partial charge on any atom is -0.392 e. The topological polar surface area (TPSA) is 58.6 Å². The lowest BCUT2D eigenvalue weighted by Crippen LogP contribution is -2.25. The summed E-state index contributed by atoms with van der Waals surface area (Å²) in [6.07, 6.45) is 8.31. The normalized spacial score (nSPS) is 16.9. The average molecular weight is 225 g/mol. The zero-order chi connectivity index (χ0) is 11.8. The number of rotatable bonds is 5. The van der Waals surface area contributed by atoms with E-state index in [1.165, 1.54) is 7.11 Å². The van der Waals surface area contributed by atoms with Gasteiger partial charge in [0, 0.05) is 5.57 Å². The quantitative estimate of drug-likeness (QED) is 0.550. The Balaban J connectivity index is 2.70. The lowest BCUT2D eigenvalue weighted by atomic mass is 9.89. The molecule has 0 bridgehead atoms. The molecule has 0 heterocycles. The first-order valence-electron chi connectivity index (χ1n) is 5.59. The van der Waals surface area contributed by atoms with Gasteiger partial charge in [-0.25, -0.2) is 5.48 Å². The number of hydrogen-bond acceptors (Lipinski definition) is 3. The minimum atomic E-state index is -0.130. The number of carbonyl (C=O) groups is 1. The van der Waals surface area contributed by atoms with Crippen molar-refractivity contribution >= 4 is 5.91 Å². The van der Waals surface area contributed by atoms with Crippen molar-refractivity contribution in [3.05, 3.63) is 23.3 Å². The fourth-order valence-electron chi connectivity index (χ4n) is 1.92. The fraction of sp³-hybridized carbons (Fsp3) is 0.583. The summed E-state index contributed by atoms with van der Waals surface area (Å²) < 4.78 is 0. The third-order valence-electron chi connectivity index (χ3n) is 2.69. The molecule has 0 aromatic heterocycles. The highest BCUT2D eigenvalue weighted by Crippen LogP contribution is 2.27. The average Bonchev–Trinajstić information content (AvgIpc) is 2.30. The van der Waals surface area contributed by atoms with Crippen molar-refractivity contribution in [1.29, 1.82) is 0 Å². The first kappa shape index (κ1) is 12.9. The van der Waals surface area contributed by atoms with E-state index in [0.717, 1.165) is 43.3 Å². The van der Waals surface area contributed by atoms with Gasteiger partial charge >= 0.3 is 0 Å². The first-order chi connectivity index (χ1) is 7.79. The number of carbonyl (C=O) groups excluding carboxylic acids is 1. The summed E-state index contributed by atoms with van der Waals surface area (Å²) in [7, 11) is 1.44. The number of hydroxylamine groups is 1. The van der Waals surface area contributed by atoms with Crippen LogP contribution in [0.5, 0.6) is 0 Å². The van der Waals surface area contributed by atoms with Crippen LogP contribution in [0, 0.1) is 0 Å². The summed E-state index contributed by atoms with van der Waals surface area (Å²) >= 11 is 0. The lowest BCUT2D eigenvalue weighted by molar-refractivity contribution is -0.127. The molecule has 0 fully saturated rings. The second kappa shape index (κ2) is 7.19. The van der Waals surface area contributed by atoms with Crippen LogP contribution in [0.3, 0.4) is 0 Å². The SMILES string of the molecule is CONC(=O)C1=C(CC=CCO)CCCC1. The zero-order valence-electron chi connectivity index (χ0n) is 9.66. The summed E-state index contributed by atoms with van der Waals surface area (Å²) in [5.74, 6) is -0.130. The minimum absolute atomic E-state index is 0.0485. The summed E-state index contributed by atoms with van der Waals surface area (Å²) in [6, 6.07) is 0. The monoisotopic (exact) mass is 225 g/mol. The molecule has 90 valence electrons. The van der Waals surface area contributed by atoms with E-state index in [1.807, 2.05) is 6.08 Å². The molecule has 4 heteroatoms. The molecule has 0 spiro atoms. The van der Waals surface area contributed by atoms with Crippen LogP contribution in [-0.2, 0) is 9.63 Å². The van der Waals surface area contributed by atoms with Gasteiger partial charge in [-0.15, -0.1) is 0 Å². The third kappa shape index (κ3) is 3.79. The molecule has 1 aliphatic carbocycles. The fourth-order valence-corrected chi connectivity index (χ4v) is 1.92. The van der Waals surface area contributed by atoms with E-state index < -0.39 is 0 Å². The van der Waals surface area contributed by atoms with Crippen molar-refractivity contribution in [3.8, 4) is 0 Å². The number of amides is 1. The number of aliphatic hydroxyl groups excluding tert-OH is 1. The number of allylic oxidation sites excluding steroid dienone is 2. The van der Waals surface area contributed by atoms with Crippen LogP contribution in [0.4, 0.5) is 0 Å². The Hall–Kier alpha value is -1.13. The highest BCUT2D eigenvalue weighted by Gasteiger charge is 2.17. The summed E-state index contributed by atoms with van der Waals surface area (Å²) in [6.45, 7) is 0.0485. The molecule has 0 aromatic carbocycles. The Morgan fingerprint density at radius 1 is 1.44 bits per heavy atom. The molecule has 0 radical (unpaired) electrons. The Morgan fingerprint density at radius 3 is 2.88 bits per heavy atom. The predicted molar refractivity (Wildman–Crippen MR) is 61.5 cm³/mol. The molecular weight excluding hydrogens is 206 g/mol. The second-order valence-corrected chi connectivity index (χ2v) is 3.78. The molecule has 16 heavy (non-hydrogen) atoms. The molecule has 0 saturated heterocycles. The van der Waals surface area contributed by atoms with Crippen LogP contribution < -0.4 is 5.48 Å². The van der Waals surface area contributed by atoms with Crippen molar-refractivity contribution in [2.45, 2.75) is 32.1 Å². The number of hydrogen-bond donors (Lipinski definition) is 2. The van der Waals surface area contributed by atoms with Gasteiger partial charge in [0.1, 0.15) is 0 Å². The lowest BCUT2D eigenvalue weighted by Gasteiger charge is -2.18. The Bertz CT molecular complexity index is 295. The molecule has 1 aliphatic rings. The molecule has 0 aliphatic heterocycles. The maximum atomic E-state index is 11.7. The van der Waals surface area contributed by atoms with Crippen molar-refractivity contribution < 1.29 is 14.7 Å². The van der Waals surface area contributed by atoms with Gasteiger partial charge < -0.3 is 5.11 Å². The molecule has 0 unspecified atom stereocenters. The van der Waals surface area contributed by atoms with Gasteiger partial charge in [0.15, 0.2) is 0 Å². The van der Waals surface area contributed by atoms with Crippen LogP contribution in [-0.4, -0.2) is 24.7 Å². The van der Waals surface area contributed by atoms with Crippen molar-refractivity contribution in [2.24, 2.45) is 0 Å². The third-order valence-corrected chi connectivity index (χ3v) is 2.69. The largest absolute Gasteiger partial charge is 0.392 e. The summed E-state index contributed by atoms with van der Waals surface area (Å²) in [5.41, 5.74) is 4.37. The van der Waals surface area contributed by atoms with Crippen molar-refractivity contribution in [2.75, 3.05) is 13.7 Å². The van der Waals surface area contributed by atoms with E-state index in [9.17, 15) is 4.79 Å². The Morgan fingerprint density at radius 2 is 2.19 bits per heavy atom. The highest BCUT2D eigenvalue weighted by molar-refractivity contribution is 5.93. The maximum absolute atomic E-state index is 11.7. The predicted octanol–water partition coefficient (Wildman–Crippen LogP) is 1.47. The van der Waals surface area contributed by atoms with Gasteiger partial charge in [-0.3, -0.25) is 9.63 Å². The Labute approximate surface area is 95.9 Å². The molecular formula is C12H19NO3. The standard InChI is InChI=1S/C12H19NO3/c1-16-13-12(15)11-8-3-2-6-10(11)7-4-5-9-14/h4-5,14H,2-3,6-9H2,1H3,(H,13,15). The van der Waals surface area contributed by atoms with Crippen LogP contribution in [0.25, 0.3) is 0 Å². The van der Waals surface area contributed by atoms with Crippen LogP contribution in [0.15, 0.2) is 23.3 Å². The molecule has 0 saturated carbocycles. The molecule has 0 atom stereocenters. The van der Waals surface area contributed by atoms with E-state index in [0.29, 0.717) is 0 Å². The number of nitrogens with one attached hydrogen (secondary N) is 1. The van der Waals surface area contributed by atoms with Crippen molar-refractivity contribution in [3.63, 3.8) is 0 Å².